The van der Waals surface area contributed by atoms with Gasteiger partial charge in [-0.2, -0.15) is 0 Å². The lowest BCUT2D eigenvalue weighted by molar-refractivity contribution is -0.121. The summed E-state index contributed by atoms with van der Waals surface area (Å²) >= 11 is 0. The Morgan fingerprint density at radius 3 is 2.42 bits per heavy atom. The summed E-state index contributed by atoms with van der Waals surface area (Å²) in [5.74, 6) is -0.311. The van der Waals surface area contributed by atoms with Gasteiger partial charge in [0.05, 0.1) is 20.6 Å². The molecule has 3 aromatic carbocycles. The van der Waals surface area contributed by atoms with Gasteiger partial charge in [-0.15, -0.1) is 0 Å². The number of ketones is 1. The molecule has 0 heterocycles. The van der Waals surface area contributed by atoms with Crippen molar-refractivity contribution in [2.75, 3.05) is 14.2 Å². The van der Waals surface area contributed by atoms with Crippen LogP contribution in [0.2, 0.25) is 0 Å². The molecule has 0 aliphatic rings. The average Bonchev–Trinajstić information content (AvgIpc) is 2.88. The van der Waals surface area contributed by atoms with Gasteiger partial charge in [0.15, 0.2) is 23.3 Å². The molecule has 36 heavy (non-hydrogen) atoms. The SMILES string of the molecule is COc1cccc(CC(=O)NC(N)=N[C@H](Cc2ccccc2)C(=O)CCc2ccc(F)c(OC)c2)c1. The number of rotatable bonds is 11. The molecule has 0 aliphatic heterocycles. The fourth-order valence-corrected chi connectivity index (χ4v) is 3.72. The van der Waals surface area contributed by atoms with E-state index in [1.807, 2.05) is 36.4 Å². The summed E-state index contributed by atoms with van der Waals surface area (Å²) in [5.41, 5.74) is 8.46. The van der Waals surface area contributed by atoms with Gasteiger partial charge in [0, 0.05) is 12.8 Å². The molecule has 0 spiro atoms. The normalized spacial score (nSPS) is 12.0. The number of amides is 1. The van der Waals surface area contributed by atoms with Crippen molar-refractivity contribution < 1.29 is 23.5 Å². The predicted molar refractivity (Wildman–Crippen MR) is 137 cm³/mol. The van der Waals surface area contributed by atoms with Crippen LogP contribution in [0, 0.1) is 5.82 Å². The number of guanidine groups is 1. The van der Waals surface area contributed by atoms with Crippen molar-refractivity contribution >= 4 is 17.6 Å². The van der Waals surface area contributed by atoms with E-state index in [0.717, 1.165) is 16.7 Å². The Labute approximate surface area is 210 Å². The average molecular weight is 492 g/mol. The van der Waals surface area contributed by atoms with E-state index >= 15 is 0 Å². The number of nitrogens with zero attached hydrogens (tertiary/aromatic N) is 1. The molecule has 1 amide bonds. The Kier molecular flexibility index (Phi) is 9.56. The maximum Gasteiger partial charge on any atom is 0.231 e. The van der Waals surface area contributed by atoms with Crippen molar-refractivity contribution in [2.24, 2.45) is 10.7 Å². The van der Waals surface area contributed by atoms with Gasteiger partial charge in [0.2, 0.25) is 5.91 Å². The molecule has 8 heteroatoms. The van der Waals surface area contributed by atoms with Crippen LogP contribution in [0.3, 0.4) is 0 Å². The third-order valence-corrected chi connectivity index (χ3v) is 5.58. The fraction of sp³-hybridized carbons (Fsp3) is 0.250. The zero-order chi connectivity index (χ0) is 25.9. The summed E-state index contributed by atoms with van der Waals surface area (Å²) in [5, 5.41) is 2.57. The molecule has 3 rings (SSSR count). The first-order valence-electron chi connectivity index (χ1n) is 11.5. The van der Waals surface area contributed by atoms with Gasteiger partial charge in [0.1, 0.15) is 11.8 Å². The van der Waals surface area contributed by atoms with E-state index in [2.05, 4.69) is 10.3 Å². The molecule has 0 bridgehead atoms. The van der Waals surface area contributed by atoms with Crippen molar-refractivity contribution in [1.29, 1.82) is 0 Å². The molecule has 3 aromatic rings. The lowest BCUT2D eigenvalue weighted by atomic mass is 9.98. The van der Waals surface area contributed by atoms with Crippen LogP contribution in [-0.2, 0) is 28.9 Å². The number of aryl methyl sites for hydroxylation is 1. The molecule has 0 aromatic heterocycles. The van der Waals surface area contributed by atoms with Crippen LogP contribution < -0.4 is 20.5 Å². The van der Waals surface area contributed by atoms with Crippen molar-refractivity contribution in [2.45, 2.75) is 31.7 Å². The molecule has 1 atom stereocenters. The first-order valence-corrected chi connectivity index (χ1v) is 11.5. The minimum atomic E-state index is -0.785. The van der Waals surface area contributed by atoms with Gasteiger partial charge in [-0.05, 0) is 47.4 Å². The molecular formula is C28H30FN3O4. The number of aliphatic imine (C=N–C) groups is 1. The number of carbonyl (C=O) groups excluding carboxylic acids is 2. The standard InChI is InChI=1S/C28H30FN3O4/c1-35-22-10-6-9-21(15-22)18-27(34)32-28(30)31-24(16-19-7-4-3-5-8-19)25(33)14-12-20-11-13-23(29)26(17-20)36-2/h3-11,13,15,17,24H,12,14,16,18H2,1-2H3,(H3,30,31,32,34)/t24-/m1/s1. The number of Topliss-reactive ketones (excluding diaryl/α,β-unsaturated/α-hetero) is 1. The molecule has 3 N–H and O–H groups in total. The fourth-order valence-electron chi connectivity index (χ4n) is 3.72. The molecular weight excluding hydrogens is 461 g/mol. The summed E-state index contributed by atoms with van der Waals surface area (Å²) in [7, 11) is 2.95. The molecule has 0 radical (unpaired) electrons. The summed E-state index contributed by atoms with van der Waals surface area (Å²) in [6, 6.07) is 20.3. The second kappa shape index (κ2) is 13.0. The molecule has 0 unspecified atom stereocenters. The Balaban J connectivity index is 1.69. The van der Waals surface area contributed by atoms with Gasteiger partial charge in [-0.1, -0.05) is 48.5 Å². The van der Waals surface area contributed by atoms with Crippen LogP contribution >= 0.6 is 0 Å². The molecule has 0 aliphatic carbocycles. The van der Waals surface area contributed by atoms with Gasteiger partial charge in [-0.3, -0.25) is 14.9 Å². The summed E-state index contributed by atoms with van der Waals surface area (Å²) in [6.07, 6.45) is 0.967. The van der Waals surface area contributed by atoms with Gasteiger partial charge in [-0.25, -0.2) is 9.38 Å². The van der Waals surface area contributed by atoms with Gasteiger partial charge < -0.3 is 15.2 Å². The van der Waals surface area contributed by atoms with Crippen LogP contribution in [-0.4, -0.2) is 37.9 Å². The molecule has 0 saturated carbocycles. The maximum absolute atomic E-state index is 13.7. The van der Waals surface area contributed by atoms with Crippen LogP contribution in [0.5, 0.6) is 11.5 Å². The van der Waals surface area contributed by atoms with E-state index in [1.54, 1.807) is 37.4 Å². The Hall–Kier alpha value is -4.20. The summed E-state index contributed by atoms with van der Waals surface area (Å²) < 4.78 is 23.9. The van der Waals surface area contributed by atoms with E-state index in [0.29, 0.717) is 18.6 Å². The lowest BCUT2D eigenvalue weighted by Gasteiger charge is -2.14. The first-order chi connectivity index (χ1) is 17.4. The zero-order valence-electron chi connectivity index (χ0n) is 20.4. The second-order valence-electron chi connectivity index (χ2n) is 8.23. The Morgan fingerprint density at radius 1 is 0.944 bits per heavy atom. The highest BCUT2D eigenvalue weighted by atomic mass is 19.1. The topological polar surface area (TPSA) is 103 Å². The molecule has 188 valence electrons. The van der Waals surface area contributed by atoms with E-state index in [1.165, 1.54) is 13.2 Å². The minimum Gasteiger partial charge on any atom is -0.497 e. The number of nitrogens with two attached hydrogens (primary N) is 1. The number of halogens is 1. The Morgan fingerprint density at radius 2 is 1.69 bits per heavy atom. The summed E-state index contributed by atoms with van der Waals surface area (Å²) in [6.45, 7) is 0. The Bertz CT molecular complexity index is 1210. The number of hydrogen-bond donors (Lipinski definition) is 2. The smallest absolute Gasteiger partial charge is 0.231 e. The van der Waals surface area contributed by atoms with E-state index in [4.69, 9.17) is 15.2 Å². The second-order valence-corrected chi connectivity index (χ2v) is 8.23. The van der Waals surface area contributed by atoms with Crippen LogP contribution in [0.15, 0.2) is 77.8 Å². The number of nitrogens with one attached hydrogen (secondary N) is 1. The monoisotopic (exact) mass is 491 g/mol. The van der Waals surface area contributed by atoms with Crippen molar-refractivity contribution in [1.82, 2.24) is 5.32 Å². The van der Waals surface area contributed by atoms with Gasteiger partial charge >= 0.3 is 0 Å². The predicted octanol–water partition coefficient (Wildman–Crippen LogP) is 3.63. The number of hydrogen-bond acceptors (Lipinski definition) is 5. The number of methoxy groups -OCH3 is 2. The number of ether oxygens (including phenoxy) is 2. The molecule has 0 saturated heterocycles. The maximum atomic E-state index is 13.7. The zero-order valence-corrected chi connectivity index (χ0v) is 20.4. The highest BCUT2D eigenvalue weighted by molar-refractivity contribution is 5.98. The first kappa shape index (κ1) is 26.4. The summed E-state index contributed by atoms with van der Waals surface area (Å²) in [4.78, 5) is 30.0. The van der Waals surface area contributed by atoms with E-state index < -0.39 is 11.9 Å². The quantitative estimate of drug-likeness (QED) is 0.315. The van der Waals surface area contributed by atoms with Crippen molar-refractivity contribution in [3.05, 3.63) is 95.3 Å². The van der Waals surface area contributed by atoms with Crippen molar-refractivity contribution in [3.63, 3.8) is 0 Å². The van der Waals surface area contributed by atoms with Crippen LogP contribution in [0.4, 0.5) is 4.39 Å². The largest absolute Gasteiger partial charge is 0.497 e. The van der Waals surface area contributed by atoms with E-state index in [9.17, 15) is 14.0 Å². The third-order valence-electron chi connectivity index (χ3n) is 5.58. The van der Waals surface area contributed by atoms with Crippen molar-refractivity contribution in [3.8, 4) is 11.5 Å². The third kappa shape index (κ3) is 7.94. The highest BCUT2D eigenvalue weighted by Gasteiger charge is 2.20. The van der Waals surface area contributed by atoms with Crippen LogP contribution in [0.25, 0.3) is 0 Å². The van der Waals surface area contributed by atoms with Gasteiger partial charge in [0.25, 0.3) is 0 Å². The van der Waals surface area contributed by atoms with Crippen LogP contribution in [0.1, 0.15) is 23.1 Å². The molecule has 0 fully saturated rings. The number of carbonyl (C=O) groups is 2. The van der Waals surface area contributed by atoms with E-state index in [-0.39, 0.29) is 36.2 Å². The number of benzene rings is 3. The lowest BCUT2D eigenvalue weighted by Crippen LogP contribution is -2.40. The highest BCUT2D eigenvalue weighted by Crippen LogP contribution is 2.20. The molecule has 7 nitrogen and oxygen atoms in total. The minimum absolute atomic E-state index is 0.0805.